The highest BCUT2D eigenvalue weighted by Crippen LogP contribution is 2.11. The first kappa shape index (κ1) is 14.5. The Hall–Kier alpha value is -1.52. The van der Waals surface area contributed by atoms with Crippen LogP contribution in [-0.4, -0.2) is 38.0 Å². The van der Waals surface area contributed by atoms with Gasteiger partial charge in [0, 0.05) is 25.3 Å². The van der Waals surface area contributed by atoms with Crippen molar-refractivity contribution in [3.05, 3.63) is 35.4 Å². The van der Waals surface area contributed by atoms with Crippen LogP contribution in [0.4, 0.5) is 0 Å². The zero-order valence-electron chi connectivity index (χ0n) is 11.0. The van der Waals surface area contributed by atoms with E-state index in [9.17, 15) is 9.59 Å². The first-order chi connectivity index (χ1) is 8.51. The Morgan fingerprint density at radius 2 is 1.39 bits per heavy atom. The Labute approximate surface area is 107 Å². The number of carbonyl (C=O) groups excluding carboxylic acids is 2. The molecule has 0 N–H and O–H groups in total. The van der Waals surface area contributed by atoms with Gasteiger partial charge in [0.25, 0.3) is 0 Å². The fourth-order valence-corrected chi connectivity index (χ4v) is 1.44. The summed E-state index contributed by atoms with van der Waals surface area (Å²) in [5.74, 6) is -0.345. The molecular formula is C14H17O4. The van der Waals surface area contributed by atoms with Gasteiger partial charge in [-0.2, -0.15) is 0 Å². The maximum absolute atomic E-state index is 11.9. The van der Waals surface area contributed by atoms with Crippen molar-refractivity contribution in [3.63, 3.8) is 0 Å². The van der Waals surface area contributed by atoms with E-state index in [4.69, 9.17) is 9.47 Å². The maximum atomic E-state index is 11.9. The molecule has 1 aromatic carbocycles. The lowest BCUT2D eigenvalue weighted by Crippen LogP contribution is -2.21. The number of carbonyl (C=O) groups is 2. The molecule has 0 saturated carbocycles. The van der Waals surface area contributed by atoms with Crippen molar-refractivity contribution in [3.8, 4) is 0 Å². The predicted octanol–water partition coefficient (Wildman–Crippen LogP) is 1.92. The molecule has 0 fully saturated rings. The molecule has 0 aliphatic carbocycles. The Balaban J connectivity index is 2.99. The maximum Gasteiger partial charge on any atom is 0.191 e. The second-order valence-corrected chi connectivity index (χ2v) is 3.99. The van der Waals surface area contributed by atoms with Gasteiger partial charge in [0.05, 0.1) is 0 Å². The number of ketones is 2. The summed E-state index contributed by atoms with van der Waals surface area (Å²) in [6, 6.07) is 7.44. The largest absolute Gasteiger partial charge is 0.374 e. The van der Waals surface area contributed by atoms with E-state index in [1.807, 2.05) is 0 Å². The lowest BCUT2D eigenvalue weighted by atomic mass is 10.0. The summed E-state index contributed by atoms with van der Waals surface area (Å²) in [7, 11) is 2.93. The third kappa shape index (κ3) is 3.24. The molecule has 18 heavy (non-hydrogen) atoms. The number of methoxy groups -OCH3 is 2. The molecule has 4 heteroatoms. The average molecular weight is 249 g/mol. The van der Waals surface area contributed by atoms with E-state index in [0.29, 0.717) is 11.1 Å². The van der Waals surface area contributed by atoms with Crippen LogP contribution in [0.15, 0.2) is 18.2 Å². The summed E-state index contributed by atoms with van der Waals surface area (Å²) < 4.78 is 9.92. The van der Waals surface area contributed by atoms with Gasteiger partial charge in [-0.3, -0.25) is 9.59 Å². The molecule has 0 spiro atoms. The SMILES string of the molecule is COC(C)C(=O)c1c[c]cc(C(=O)C(C)OC)c1. The third-order valence-corrected chi connectivity index (χ3v) is 2.80. The van der Waals surface area contributed by atoms with E-state index in [1.165, 1.54) is 14.2 Å². The molecule has 0 amide bonds. The summed E-state index contributed by atoms with van der Waals surface area (Å²) in [5.41, 5.74) is 0.831. The summed E-state index contributed by atoms with van der Waals surface area (Å²) >= 11 is 0. The predicted molar refractivity (Wildman–Crippen MR) is 66.9 cm³/mol. The average Bonchev–Trinajstić information content (AvgIpc) is 2.43. The summed E-state index contributed by atoms with van der Waals surface area (Å²) in [4.78, 5) is 23.8. The second kappa shape index (κ2) is 6.42. The van der Waals surface area contributed by atoms with E-state index in [1.54, 1.807) is 32.0 Å². The monoisotopic (exact) mass is 249 g/mol. The minimum Gasteiger partial charge on any atom is -0.374 e. The van der Waals surface area contributed by atoms with Gasteiger partial charge < -0.3 is 9.47 Å². The van der Waals surface area contributed by atoms with Gasteiger partial charge in [0.15, 0.2) is 11.6 Å². The normalized spacial score (nSPS) is 14.0. The van der Waals surface area contributed by atoms with Crippen LogP contribution in [0.3, 0.4) is 0 Å². The van der Waals surface area contributed by atoms with E-state index in [2.05, 4.69) is 6.07 Å². The van der Waals surface area contributed by atoms with Crippen LogP contribution in [0.5, 0.6) is 0 Å². The Morgan fingerprint density at radius 3 is 1.72 bits per heavy atom. The van der Waals surface area contributed by atoms with Crippen LogP contribution >= 0.6 is 0 Å². The van der Waals surface area contributed by atoms with Crippen LogP contribution in [-0.2, 0) is 9.47 Å². The number of hydrogen-bond acceptors (Lipinski definition) is 4. The van der Waals surface area contributed by atoms with Crippen LogP contribution < -0.4 is 0 Å². The number of Topliss-reactive ketones (excluding diaryl/α,β-unsaturated/α-hetero) is 2. The lowest BCUT2D eigenvalue weighted by molar-refractivity contribution is 0.0651. The van der Waals surface area contributed by atoms with Crippen molar-refractivity contribution in [1.82, 2.24) is 0 Å². The number of benzene rings is 1. The van der Waals surface area contributed by atoms with Crippen molar-refractivity contribution < 1.29 is 19.1 Å². The molecule has 0 aliphatic heterocycles. The standard InChI is InChI=1S/C14H17O4/c1-9(17-3)13(15)11-6-5-7-12(8-11)14(16)10(2)18-4/h6-10H,1-4H3. The van der Waals surface area contributed by atoms with Gasteiger partial charge in [0.1, 0.15) is 12.2 Å². The minimum absolute atomic E-state index is 0.173. The quantitative estimate of drug-likeness (QED) is 0.723. The number of ether oxygens (including phenoxy) is 2. The molecule has 1 rings (SSSR count). The van der Waals surface area contributed by atoms with Crippen molar-refractivity contribution >= 4 is 11.6 Å². The van der Waals surface area contributed by atoms with Crippen LogP contribution in [0.1, 0.15) is 34.6 Å². The van der Waals surface area contributed by atoms with Crippen molar-refractivity contribution in [2.45, 2.75) is 26.1 Å². The molecule has 0 saturated heterocycles. The highest BCUT2D eigenvalue weighted by Gasteiger charge is 2.18. The Bertz CT molecular complexity index is 402. The number of hydrogen-bond donors (Lipinski definition) is 0. The second-order valence-electron chi connectivity index (χ2n) is 3.99. The fourth-order valence-electron chi connectivity index (χ4n) is 1.44. The Morgan fingerprint density at radius 1 is 1.00 bits per heavy atom. The topological polar surface area (TPSA) is 52.6 Å². The number of rotatable bonds is 6. The van der Waals surface area contributed by atoms with Gasteiger partial charge in [-0.15, -0.1) is 0 Å². The van der Waals surface area contributed by atoms with Crippen LogP contribution in [0.25, 0.3) is 0 Å². The first-order valence-electron chi connectivity index (χ1n) is 5.66. The zero-order chi connectivity index (χ0) is 13.7. The molecule has 1 radical (unpaired) electrons. The van der Waals surface area contributed by atoms with Crippen LogP contribution in [0.2, 0.25) is 0 Å². The molecule has 0 heterocycles. The molecule has 2 atom stereocenters. The first-order valence-corrected chi connectivity index (χ1v) is 5.66. The fraction of sp³-hybridized carbons (Fsp3) is 0.429. The van der Waals surface area contributed by atoms with Gasteiger partial charge in [0.2, 0.25) is 0 Å². The van der Waals surface area contributed by atoms with Crippen molar-refractivity contribution in [2.24, 2.45) is 0 Å². The summed E-state index contributed by atoms with van der Waals surface area (Å²) in [6.07, 6.45) is -1.08. The molecule has 97 valence electrons. The highest BCUT2D eigenvalue weighted by atomic mass is 16.5. The summed E-state index contributed by atoms with van der Waals surface area (Å²) in [5, 5.41) is 0. The molecular weight excluding hydrogens is 232 g/mol. The molecule has 0 bridgehead atoms. The summed E-state index contributed by atoms with van der Waals surface area (Å²) in [6.45, 7) is 3.32. The zero-order valence-corrected chi connectivity index (χ0v) is 11.0. The third-order valence-electron chi connectivity index (χ3n) is 2.80. The van der Waals surface area contributed by atoms with Crippen molar-refractivity contribution in [1.29, 1.82) is 0 Å². The van der Waals surface area contributed by atoms with E-state index in [-0.39, 0.29) is 11.6 Å². The smallest absolute Gasteiger partial charge is 0.191 e. The van der Waals surface area contributed by atoms with Gasteiger partial charge >= 0.3 is 0 Å². The van der Waals surface area contributed by atoms with E-state index < -0.39 is 12.2 Å². The van der Waals surface area contributed by atoms with E-state index in [0.717, 1.165) is 0 Å². The van der Waals surface area contributed by atoms with Crippen molar-refractivity contribution in [2.75, 3.05) is 14.2 Å². The molecule has 0 aromatic heterocycles. The minimum atomic E-state index is -0.538. The Kier molecular flexibility index (Phi) is 5.19. The van der Waals surface area contributed by atoms with Gasteiger partial charge in [-0.25, -0.2) is 0 Å². The molecule has 2 unspecified atom stereocenters. The molecule has 0 aliphatic rings. The highest BCUT2D eigenvalue weighted by molar-refractivity contribution is 6.04. The molecule has 4 nitrogen and oxygen atoms in total. The van der Waals surface area contributed by atoms with Gasteiger partial charge in [-0.05, 0) is 38.1 Å². The van der Waals surface area contributed by atoms with Gasteiger partial charge in [-0.1, -0.05) is 0 Å². The molecule has 1 aromatic rings. The lowest BCUT2D eigenvalue weighted by Gasteiger charge is -2.11. The van der Waals surface area contributed by atoms with E-state index >= 15 is 0 Å². The van der Waals surface area contributed by atoms with Crippen LogP contribution in [0, 0.1) is 6.07 Å².